The SMILES string of the molecule is COC(=O)[C@@H]1CC[C@@](C)(C(C)=O)C1(C)C. The van der Waals surface area contributed by atoms with Gasteiger partial charge in [-0.3, -0.25) is 9.59 Å². The average Bonchev–Trinajstić information content (AvgIpc) is 2.39. The van der Waals surface area contributed by atoms with Crippen molar-refractivity contribution in [3.63, 3.8) is 0 Å². The lowest BCUT2D eigenvalue weighted by molar-refractivity contribution is -0.151. The van der Waals surface area contributed by atoms with E-state index < -0.39 is 5.41 Å². The molecule has 1 aliphatic rings. The summed E-state index contributed by atoms with van der Waals surface area (Å²) >= 11 is 0. The van der Waals surface area contributed by atoms with Crippen molar-refractivity contribution in [2.45, 2.75) is 40.5 Å². The summed E-state index contributed by atoms with van der Waals surface area (Å²) in [6.45, 7) is 7.55. The summed E-state index contributed by atoms with van der Waals surface area (Å²) in [5.74, 6) is -0.180. The maximum Gasteiger partial charge on any atom is 0.309 e. The lowest BCUT2D eigenvalue weighted by Gasteiger charge is -2.38. The normalized spacial score (nSPS) is 33.8. The zero-order chi connectivity index (χ0) is 11.9. The Morgan fingerprint density at radius 1 is 1.27 bits per heavy atom. The number of esters is 1. The van der Waals surface area contributed by atoms with Gasteiger partial charge in [-0.1, -0.05) is 20.8 Å². The minimum Gasteiger partial charge on any atom is -0.469 e. The van der Waals surface area contributed by atoms with Gasteiger partial charge in [0, 0.05) is 5.41 Å². The lowest BCUT2D eigenvalue weighted by atomic mass is 9.64. The molecule has 86 valence electrons. The molecule has 0 unspecified atom stereocenters. The van der Waals surface area contributed by atoms with Crippen LogP contribution in [0, 0.1) is 16.7 Å². The molecule has 2 atom stereocenters. The van der Waals surface area contributed by atoms with Crippen LogP contribution in [0.3, 0.4) is 0 Å². The van der Waals surface area contributed by atoms with E-state index in [1.54, 1.807) is 6.92 Å². The van der Waals surface area contributed by atoms with Crippen molar-refractivity contribution in [2.75, 3.05) is 7.11 Å². The minimum atomic E-state index is -0.397. The van der Waals surface area contributed by atoms with E-state index in [-0.39, 0.29) is 23.1 Å². The van der Waals surface area contributed by atoms with Crippen molar-refractivity contribution < 1.29 is 14.3 Å². The van der Waals surface area contributed by atoms with Gasteiger partial charge in [-0.2, -0.15) is 0 Å². The van der Waals surface area contributed by atoms with Crippen LogP contribution in [0.1, 0.15) is 40.5 Å². The topological polar surface area (TPSA) is 43.4 Å². The van der Waals surface area contributed by atoms with Crippen LogP contribution in [-0.2, 0) is 14.3 Å². The van der Waals surface area contributed by atoms with Crippen molar-refractivity contribution in [2.24, 2.45) is 16.7 Å². The molecule has 0 amide bonds. The van der Waals surface area contributed by atoms with Crippen LogP contribution in [0.4, 0.5) is 0 Å². The number of ether oxygens (including phenoxy) is 1. The van der Waals surface area contributed by atoms with Gasteiger partial charge in [0.25, 0.3) is 0 Å². The molecule has 0 aromatic heterocycles. The monoisotopic (exact) mass is 212 g/mol. The molecular formula is C12H20O3. The number of carbonyl (C=O) groups is 2. The first-order chi connectivity index (χ1) is 6.77. The summed E-state index contributed by atoms with van der Waals surface area (Å²) in [7, 11) is 1.40. The van der Waals surface area contributed by atoms with E-state index in [0.717, 1.165) is 12.8 Å². The Labute approximate surface area is 91.2 Å². The Morgan fingerprint density at radius 2 is 1.80 bits per heavy atom. The third kappa shape index (κ3) is 1.58. The summed E-state index contributed by atoms with van der Waals surface area (Å²) in [4.78, 5) is 23.3. The van der Waals surface area contributed by atoms with E-state index in [2.05, 4.69) is 0 Å². The van der Waals surface area contributed by atoms with Crippen molar-refractivity contribution in [3.05, 3.63) is 0 Å². The highest BCUT2D eigenvalue weighted by Gasteiger charge is 2.56. The van der Waals surface area contributed by atoms with Crippen LogP contribution in [0.25, 0.3) is 0 Å². The Hall–Kier alpha value is -0.860. The molecule has 0 aliphatic heterocycles. The second-order valence-corrected chi connectivity index (χ2v) is 5.22. The minimum absolute atomic E-state index is 0.156. The van der Waals surface area contributed by atoms with Crippen LogP contribution < -0.4 is 0 Å². The molecule has 1 fully saturated rings. The molecular weight excluding hydrogens is 192 g/mol. The second kappa shape index (κ2) is 3.62. The van der Waals surface area contributed by atoms with Crippen LogP contribution >= 0.6 is 0 Å². The largest absolute Gasteiger partial charge is 0.469 e. The quantitative estimate of drug-likeness (QED) is 0.659. The third-order valence-corrected chi connectivity index (χ3v) is 4.49. The Bertz CT molecular complexity index is 293. The zero-order valence-electron chi connectivity index (χ0n) is 10.2. The maximum absolute atomic E-state index is 11.7. The van der Waals surface area contributed by atoms with Gasteiger partial charge in [0.15, 0.2) is 0 Å². The third-order valence-electron chi connectivity index (χ3n) is 4.49. The van der Waals surface area contributed by atoms with E-state index in [4.69, 9.17) is 4.74 Å². The zero-order valence-corrected chi connectivity index (χ0v) is 10.2. The van der Waals surface area contributed by atoms with Gasteiger partial charge in [-0.05, 0) is 25.2 Å². The number of hydrogen-bond donors (Lipinski definition) is 0. The van der Waals surface area contributed by atoms with Crippen LogP contribution in [0.15, 0.2) is 0 Å². The Morgan fingerprint density at radius 3 is 2.13 bits per heavy atom. The van der Waals surface area contributed by atoms with Crippen molar-refractivity contribution >= 4 is 11.8 Å². The summed E-state index contributed by atoms with van der Waals surface area (Å²) in [6.07, 6.45) is 1.52. The first-order valence-electron chi connectivity index (χ1n) is 5.36. The number of ketones is 1. The number of carbonyl (C=O) groups excluding carboxylic acids is 2. The predicted octanol–water partition coefficient (Wildman–Crippen LogP) is 2.19. The van der Waals surface area contributed by atoms with Crippen molar-refractivity contribution in [3.8, 4) is 0 Å². The molecule has 0 aromatic carbocycles. The highest BCUT2D eigenvalue weighted by molar-refractivity contribution is 5.85. The molecule has 0 N–H and O–H groups in total. The summed E-state index contributed by atoms with van der Waals surface area (Å²) in [5.41, 5.74) is -0.711. The van der Waals surface area contributed by atoms with Gasteiger partial charge >= 0.3 is 5.97 Å². The van der Waals surface area contributed by atoms with Crippen molar-refractivity contribution in [1.82, 2.24) is 0 Å². The number of Topliss-reactive ketones (excluding diaryl/α,β-unsaturated/α-hetero) is 1. The van der Waals surface area contributed by atoms with Gasteiger partial charge in [-0.25, -0.2) is 0 Å². The van der Waals surface area contributed by atoms with Gasteiger partial charge < -0.3 is 4.74 Å². The molecule has 0 spiro atoms. The molecule has 1 aliphatic carbocycles. The standard InChI is InChI=1S/C12H20O3/c1-8(13)12(4)7-6-9(10(14)15-5)11(12,2)3/h9H,6-7H2,1-5H3/t9-,12-/m0/s1. The summed E-state index contributed by atoms with van der Waals surface area (Å²) < 4.78 is 4.79. The molecule has 0 radical (unpaired) electrons. The van der Waals surface area contributed by atoms with Gasteiger partial charge in [-0.15, -0.1) is 0 Å². The molecule has 3 nitrogen and oxygen atoms in total. The first-order valence-corrected chi connectivity index (χ1v) is 5.36. The fraction of sp³-hybridized carbons (Fsp3) is 0.833. The Balaban J connectivity index is 3.04. The molecule has 0 bridgehead atoms. The average molecular weight is 212 g/mol. The van der Waals surface area contributed by atoms with E-state index in [1.165, 1.54) is 7.11 Å². The highest BCUT2D eigenvalue weighted by atomic mass is 16.5. The van der Waals surface area contributed by atoms with Crippen LogP contribution in [-0.4, -0.2) is 18.9 Å². The molecule has 0 aromatic rings. The number of rotatable bonds is 2. The molecule has 1 rings (SSSR count). The van der Waals surface area contributed by atoms with Gasteiger partial charge in [0.1, 0.15) is 5.78 Å². The summed E-state index contributed by atoms with van der Waals surface area (Å²) in [6, 6.07) is 0. The first kappa shape index (κ1) is 12.2. The maximum atomic E-state index is 11.7. The molecule has 3 heteroatoms. The van der Waals surface area contributed by atoms with Gasteiger partial charge in [0.2, 0.25) is 0 Å². The van der Waals surface area contributed by atoms with Crippen LogP contribution in [0.5, 0.6) is 0 Å². The van der Waals surface area contributed by atoms with E-state index in [9.17, 15) is 9.59 Å². The molecule has 15 heavy (non-hydrogen) atoms. The highest BCUT2D eigenvalue weighted by Crippen LogP contribution is 2.56. The predicted molar refractivity (Wildman–Crippen MR) is 57.3 cm³/mol. The molecule has 1 saturated carbocycles. The smallest absolute Gasteiger partial charge is 0.309 e. The molecule has 0 saturated heterocycles. The fourth-order valence-corrected chi connectivity index (χ4v) is 2.69. The number of methoxy groups -OCH3 is 1. The summed E-state index contributed by atoms with van der Waals surface area (Å²) in [5, 5.41) is 0. The second-order valence-electron chi connectivity index (χ2n) is 5.22. The van der Waals surface area contributed by atoms with Crippen molar-refractivity contribution in [1.29, 1.82) is 0 Å². The lowest BCUT2D eigenvalue weighted by Crippen LogP contribution is -2.41. The van der Waals surface area contributed by atoms with Crippen LogP contribution in [0.2, 0.25) is 0 Å². The molecule has 0 heterocycles. The van der Waals surface area contributed by atoms with E-state index in [0.29, 0.717) is 0 Å². The Kier molecular flexibility index (Phi) is 2.94. The van der Waals surface area contributed by atoms with E-state index >= 15 is 0 Å². The number of hydrogen-bond acceptors (Lipinski definition) is 3. The van der Waals surface area contributed by atoms with E-state index in [1.807, 2.05) is 20.8 Å². The van der Waals surface area contributed by atoms with Gasteiger partial charge in [0.05, 0.1) is 13.0 Å². The fourth-order valence-electron chi connectivity index (χ4n) is 2.69.